The summed E-state index contributed by atoms with van der Waals surface area (Å²) in [5.41, 5.74) is 5.06. The minimum absolute atomic E-state index is 0.0816. The predicted molar refractivity (Wildman–Crippen MR) is 147 cm³/mol. The fourth-order valence-corrected chi connectivity index (χ4v) is 5.80. The molecule has 1 aliphatic heterocycles. The van der Waals surface area contributed by atoms with E-state index >= 15 is 0 Å². The molecule has 2 aliphatic rings. The number of amides is 2. The van der Waals surface area contributed by atoms with E-state index in [4.69, 9.17) is 10.1 Å². The minimum Gasteiger partial charge on any atom is -0.312 e. The SMILES string of the molecule is Cc1ccc(N2CC(C(=O)Nc3cc(-c4cccs4)nn3-c3nc4c(c(=O)[nH]3)CCCC4)CC2=O)cc1C. The Balaban J connectivity index is 1.30. The molecule has 2 N–H and O–H groups in total. The van der Waals surface area contributed by atoms with Crippen molar-refractivity contribution in [3.8, 4) is 16.5 Å². The van der Waals surface area contributed by atoms with E-state index in [9.17, 15) is 14.4 Å². The zero-order valence-corrected chi connectivity index (χ0v) is 22.1. The van der Waals surface area contributed by atoms with Crippen molar-refractivity contribution in [3.63, 3.8) is 0 Å². The number of aromatic nitrogens is 4. The number of fused-ring (bicyclic) bond motifs is 1. The summed E-state index contributed by atoms with van der Waals surface area (Å²) in [4.78, 5) is 49.3. The maximum Gasteiger partial charge on any atom is 0.255 e. The number of H-pyrrole nitrogens is 1. The summed E-state index contributed by atoms with van der Waals surface area (Å²) in [7, 11) is 0. The van der Waals surface area contributed by atoms with Crippen LogP contribution in [0, 0.1) is 19.8 Å². The highest BCUT2D eigenvalue weighted by Crippen LogP contribution is 2.30. The third-order valence-electron chi connectivity index (χ3n) is 7.41. The first-order valence-corrected chi connectivity index (χ1v) is 13.7. The van der Waals surface area contributed by atoms with Gasteiger partial charge in [0.25, 0.3) is 5.56 Å². The van der Waals surface area contributed by atoms with Gasteiger partial charge in [0, 0.05) is 30.3 Å². The second-order valence-corrected chi connectivity index (χ2v) is 10.9. The van der Waals surface area contributed by atoms with Gasteiger partial charge in [0.2, 0.25) is 17.8 Å². The van der Waals surface area contributed by atoms with Crippen LogP contribution >= 0.6 is 11.3 Å². The van der Waals surface area contributed by atoms with Crippen molar-refractivity contribution in [2.24, 2.45) is 5.92 Å². The van der Waals surface area contributed by atoms with Crippen LogP contribution in [0.4, 0.5) is 11.5 Å². The number of rotatable bonds is 5. The average Bonchev–Trinajstić information content (AvgIpc) is 3.66. The van der Waals surface area contributed by atoms with E-state index in [0.717, 1.165) is 52.2 Å². The first kappa shape index (κ1) is 24.3. The number of benzene rings is 1. The number of aryl methyl sites for hydroxylation is 3. The third kappa shape index (κ3) is 4.45. The van der Waals surface area contributed by atoms with Gasteiger partial charge in [-0.2, -0.15) is 9.78 Å². The van der Waals surface area contributed by atoms with Crippen LogP contribution in [0.5, 0.6) is 0 Å². The van der Waals surface area contributed by atoms with Crippen LogP contribution in [0.2, 0.25) is 0 Å². The van der Waals surface area contributed by atoms with Gasteiger partial charge < -0.3 is 10.2 Å². The fourth-order valence-electron chi connectivity index (χ4n) is 5.12. The molecule has 1 atom stereocenters. The molecule has 10 heteroatoms. The van der Waals surface area contributed by atoms with Gasteiger partial charge >= 0.3 is 0 Å². The van der Waals surface area contributed by atoms with E-state index in [2.05, 4.69) is 10.3 Å². The van der Waals surface area contributed by atoms with Crippen molar-refractivity contribution in [3.05, 3.63) is 74.5 Å². The molecule has 0 radical (unpaired) electrons. The Labute approximate surface area is 223 Å². The predicted octanol–water partition coefficient (Wildman–Crippen LogP) is 4.17. The second kappa shape index (κ2) is 9.68. The van der Waals surface area contributed by atoms with Crippen molar-refractivity contribution in [2.45, 2.75) is 46.0 Å². The van der Waals surface area contributed by atoms with Crippen molar-refractivity contribution in [1.82, 2.24) is 19.7 Å². The second-order valence-electron chi connectivity index (χ2n) is 9.99. The van der Waals surface area contributed by atoms with E-state index in [-0.39, 0.29) is 29.7 Å². The molecular formula is C28H28N6O3S. The Bertz CT molecular complexity index is 1600. The van der Waals surface area contributed by atoms with Crippen LogP contribution in [-0.2, 0) is 22.4 Å². The number of hydrogen-bond acceptors (Lipinski definition) is 6. The van der Waals surface area contributed by atoms with Crippen LogP contribution < -0.4 is 15.8 Å². The Morgan fingerprint density at radius 3 is 2.74 bits per heavy atom. The van der Waals surface area contributed by atoms with Crippen LogP contribution in [-0.4, -0.2) is 38.1 Å². The molecule has 38 heavy (non-hydrogen) atoms. The fraction of sp³-hybridized carbons (Fsp3) is 0.321. The highest BCUT2D eigenvalue weighted by molar-refractivity contribution is 7.13. The van der Waals surface area contributed by atoms with Crippen molar-refractivity contribution < 1.29 is 9.59 Å². The summed E-state index contributed by atoms with van der Waals surface area (Å²) in [5.74, 6) is -0.207. The van der Waals surface area contributed by atoms with Crippen molar-refractivity contribution in [1.29, 1.82) is 0 Å². The average molecular weight is 529 g/mol. The molecule has 4 aromatic rings. The van der Waals surface area contributed by atoms with Gasteiger partial charge in [0.1, 0.15) is 11.5 Å². The lowest BCUT2D eigenvalue weighted by Gasteiger charge is -2.18. The zero-order valence-electron chi connectivity index (χ0n) is 21.3. The van der Waals surface area contributed by atoms with E-state index in [1.807, 2.05) is 49.6 Å². The maximum atomic E-state index is 13.4. The quantitative estimate of drug-likeness (QED) is 0.404. The lowest BCUT2D eigenvalue weighted by molar-refractivity contribution is -0.122. The summed E-state index contributed by atoms with van der Waals surface area (Å²) in [6.07, 6.45) is 3.54. The summed E-state index contributed by atoms with van der Waals surface area (Å²) in [6, 6.07) is 11.5. The minimum atomic E-state index is -0.520. The van der Waals surface area contributed by atoms with E-state index in [1.165, 1.54) is 16.0 Å². The van der Waals surface area contributed by atoms with Crippen LogP contribution in [0.1, 0.15) is 41.6 Å². The van der Waals surface area contributed by atoms with Gasteiger partial charge in [0.05, 0.1) is 16.5 Å². The van der Waals surface area contributed by atoms with Crippen molar-refractivity contribution >= 4 is 34.7 Å². The first-order chi connectivity index (χ1) is 18.4. The molecule has 9 nitrogen and oxygen atoms in total. The van der Waals surface area contributed by atoms with Gasteiger partial charge in [-0.25, -0.2) is 4.98 Å². The first-order valence-electron chi connectivity index (χ1n) is 12.8. The summed E-state index contributed by atoms with van der Waals surface area (Å²) in [6.45, 7) is 4.33. The highest BCUT2D eigenvalue weighted by atomic mass is 32.1. The monoisotopic (exact) mass is 528 g/mol. The highest BCUT2D eigenvalue weighted by Gasteiger charge is 2.36. The molecule has 6 rings (SSSR count). The molecule has 0 saturated carbocycles. The lowest BCUT2D eigenvalue weighted by atomic mass is 9.97. The molecule has 194 valence electrons. The Morgan fingerprint density at radius 1 is 1.11 bits per heavy atom. The number of aromatic amines is 1. The van der Waals surface area contributed by atoms with Crippen molar-refractivity contribution in [2.75, 3.05) is 16.8 Å². The molecule has 2 amide bonds. The van der Waals surface area contributed by atoms with Gasteiger partial charge in [-0.1, -0.05) is 12.1 Å². The molecule has 0 spiro atoms. The van der Waals surface area contributed by atoms with E-state index in [1.54, 1.807) is 11.0 Å². The van der Waals surface area contributed by atoms with Gasteiger partial charge in [-0.15, -0.1) is 11.3 Å². The molecule has 1 saturated heterocycles. The largest absolute Gasteiger partial charge is 0.312 e. The number of hydrogen-bond donors (Lipinski definition) is 2. The third-order valence-corrected chi connectivity index (χ3v) is 8.30. The Hall–Kier alpha value is -4.05. The summed E-state index contributed by atoms with van der Waals surface area (Å²) >= 11 is 1.53. The smallest absolute Gasteiger partial charge is 0.255 e. The number of nitrogens with one attached hydrogen (secondary N) is 2. The number of carbonyl (C=O) groups excluding carboxylic acids is 2. The molecule has 1 aliphatic carbocycles. The number of anilines is 2. The normalized spacial score (nSPS) is 17.1. The zero-order chi connectivity index (χ0) is 26.4. The molecule has 4 heterocycles. The molecule has 3 aromatic heterocycles. The lowest BCUT2D eigenvalue weighted by Crippen LogP contribution is -2.29. The maximum absolute atomic E-state index is 13.4. The van der Waals surface area contributed by atoms with Crippen LogP contribution in [0.3, 0.4) is 0 Å². The topological polar surface area (TPSA) is 113 Å². The summed E-state index contributed by atoms with van der Waals surface area (Å²) < 4.78 is 1.49. The molecule has 0 bridgehead atoms. The molecule has 1 fully saturated rings. The van der Waals surface area contributed by atoms with Crippen LogP contribution in [0.15, 0.2) is 46.6 Å². The number of nitrogens with zero attached hydrogens (tertiary/aromatic N) is 4. The van der Waals surface area contributed by atoms with Gasteiger partial charge in [-0.3, -0.25) is 19.4 Å². The standard InChI is InChI=1S/C28H28N6O3S/c1-16-9-10-19(12-17(16)2)33-15-18(13-25(33)35)26(36)30-24-14-22(23-8-5-11-38-23)32-34(24)28-29-21-7-4-3-6-20(21)27(37)31-28/h5,8-12,14,18H,3-4,6-7,13,15H2,1-2H3,(H,30,36)(H,29,31,37). The molecule has 1 unspecified atom stereocenters. The number of thiophene rings is 1. The Kier molecular flexibility index (Phi) is 6.19. The van der Waals surface area contributed by atoms with E-state index in [0.29, 0.717) is 24.5 Å². The Morgan fingerprint density at radius 2 is 1.95 bits per heavy atom. The van der Waals surface area contributed by atoms with E-state index < -0.39 is 5.92 Å². The van der Waals surface area contributed by atoms with Gasteiger partial charge in [0.15, 0.2) is 0 Å². The number of carbonyl (C=O) groups is 2. The van der Waals surface area contributed by atoms with Crippen LogP contribution in [0.25, 0.3) is 16.5 Å². The molecular weight excluding hydrogens is 500 g/mol. The summed E-state index contributed by atoms with van der Waals surface area (Å²) in [5, 5.41) is 9.62. The molecule has 1 aromatic carbocycles. The van der Waals surface area contributed by atoms with Gasteiger partial charge in [-0.05, 0) is 74.2 Å².